The molecule has 90 valence electrons. The molecule has 0 aliphatic heterocycles. The summed E-state index contributed by atoms with van der Waals surface area (Å²) in [6, 6.07) is 0. The molecule has 1 aromatic heterocycles. The highest BCUT2D eigenvalue weighted by atomic mass is 32.2. The molecular weight excluding hydrogens is 226 g/mol. The van der Waals surface area contributed by atoms with Gasteiger partial charge in [-0.25, -0.2) is 14.2 Å². The topological polar surface area (TPSA) is 55.3 Å². The largest absolute Gasteiger partial charge is 0.362 e. The van der Waals surface area contributed by atoms with Crippen LogP contribution < -0.4 is 4.90 Å². The summed E-state index contributed by atoms with van der Waals surface area (Å²) >= 11 is -1.50. The van der Waals surface area contributed by atoms with Crippen molar-refractivity contribution in [2.75, 3.05) is 26.1 Å². The quantitative estimate of drug-likeness (QED) is 0.777. The molecule has 0 radical (unpaired) electrons. The van der Waals surface area contributed by atoms with Crippen LogP contribution in [0.15, 0.2) is 11.1 Å². The van der Waals surface area contributed by atoms with E-state index in [1.807, 2.05) is 19.0 Å². The fraction of sp³-hybridized carbons (Fsp3) is 0.600. The van der Waals surface area contributed by atoms with Gasteiger partial charge in [-0.1, -0.05) is 6.92 Å². The van der Waals surface area contributed by atoms with Crippen LogP contribution >= 0.6 is 0 Å². The van der Waals surface area contributed by atoms with Gasteiger partial charge in [0.15, 0.2) is 16.9 Å². The van der Waals surface area contributed by atoms with Gasteiger partial charge in [-0.15, -0.1) is 0 Å². The number of hydrogen-bond donors (Lipinski definition) is 0. The van der Waals surface area contributed by atoms with E-state index >= 15 is 0 Å². The van der Waals surface area contributed by atoms with Gasteiger partial charge in [0.2, 0.25) is 0 Å². The summed E-state index contributed by atoms with van der Waals surface area (Å²) in [4.78, 5) is 10.9. The van der Waals surface area contributed by atoms with E-state index in [1.54, 1.807) is 6.20 Å². The Morgan fingerprint density at radius 2 is 2.19 bits per heavy atom. The molecule has 0 bridgehead atoms. The van der Waals surface area contributed by atoms with Gasteiger partial charge in [0, 0.05) is 20.5 Å². The second-order valence-corrected chi connectivity index (χ2v) is 4.76. The molecule has 5 nitrogen and oxygen atoms in total. The molecular formula is C10H17N3O2S. The Morgan fingerprint density at radius 1 is 1.50 bits per heavy atom. The van der Waals surface area contributed by atoms with Crippen LogP contribution in [0.2, 0.25) is 0 Å². The summed E-state index contributed by atoms with van der Waals surface area (Å²) in [7, 11) is 5.11. The Hall–Kier alpha value is -1.01. The number of nitrogens with zero attached hydrogens (tertiary/aromatic N) is 3. The lowest BCUT2D eigenvalue weighted by Gasteiger charge is -2.15. The molecule has 0 N–H and O–H groups in total. The summed E-state index contributed by atoms with van der Waals surface area (Å²) in [6.07, 6.45) is 3.38. The number of aromatic nitrogens is 2. The van der Waals surface area contributed by atoms with Crippen molar-refractivity contribution in [3.05, 3.63) is 12.0 Å². The Labute approximate surface area is 98.5 Å². The molecule has 1 heterocycles. The van der Waals surface area contributed by atoms with E-state index in [0.29, 0.717) is 10.7 Å². The van der Waals surface area contributed by atoms with E-state index in [1.165, 1.54) is 7.11 Å². The van der Waals surface area contributed by atoms with Crippen molar-refractivity contribution in [3.8, 4) is 0 Å². The molecule has 0 saturated carbocycles. The Kier molecular flexibility index (Phi) is 4.82. The first-order valence-electron chi connectivity index (χ1n) is 5.09. The lowest BCUT2D eigenvalue weighted by molar-refractivity contribution is 0.445. The summed E-state index contributed by atoms with van der Waals surface area (Å²) in [5.74, 6) is 1.42. The number of aryl methyl sites for hydroxylation is 1. The van der Waals surface area contributed by atoms with Crippen LogP contribution in [0.1, 0.15) is 19.2 Å². The fourth-order valence-corrected chi connectivity index (χ4v) is 1.96. The van der Waals surface area contributed by atoms with E-state index in [4.69, 9.17) is 4.18 Å². The van der Waals surface area contributed by atoms with E-state index in [0.717, 1.165) is 18.7 Å². The minimum atomic E-state index is -1.50. The smallest absolute Gasteiger partial charge is 0.194 e. The number of rotatable bonds is 5. The summed E-state index contributed by atoms with van der Waals surface area (Å²) in [5, 5.41) is 0. The third-order valence-corrected chi connectivity index (χ3v) is 2.96. The normalized spacial score (nSPS) is 12.5. The highest BCUT2D eigenvalue weighted by molar-refractivity contribution is 7.80. The fourth-order valence-electron chi connectivity index (χ4n) is 1.27. The first-order valence-corrected chi connectivity index (χ1v) is 6.17. The van der Waals surface area contributed by atoms with Gasteiger partial charge >= 0.3 is 0 Å². The number of hydrogen-bond acceptors (Lipinski definition) is 5. The van der Waals surface area contributed by atoms with Crippen molar-refractivity contribution in [1.29, 1.82) is 0 Å². The van der Waals surface area contributed by atoms with Crippen molar-refractivity contribution < 1.29 is 8.39 Å². The predicted octanol–water partition coefficient (Wildman–Crippen LogP) is 1.16. The van der Waals surface area contributed by atoms with Gasteiger partial charge in [0.1, 0.15) is 10.7 Å². The zero-order chi connectivity index (χ0) is 12.1. The zero-order valence-electron chi connectivity index (χ0n) is 10.1. The highest BCUT2D eigenvalue weighted by Gasteiger charge is 2.14. The molecule has 0 aromatic carbocycles. The first-order chi connectivity index (χ1) is 7.60. The molecule has 0 aliphatic rings. The maximum absolute atomic E-state index is 11.6. The molecule has 0 aliphatic carbocycles. The van der Waals surface area contributed by atoms with Crippen molar-refractivity contribution in [2.45, 2.75) is 24.7 Å². The van der Waals surface area contributed by atoms with Crippen molar-refractivity contribution in [3.63, 3.8) is 0 Å². The van der Waals surface area contributed by atoms with Crippen LogP contribution in [0, 0.1) is 0 Å². The minimum Gasteiger partial charge on any atom is -0.362 e. The maximum atomic E-state index is 11.6. The van der Waals surface area contributed by atoms with Gasteiger partial charge in [0.25, 0.3) is 0 Å². The average molecular weight is 243 g/mol. The third-order valence-electron chi connectivity index (χ3n) is 2.01. The standard InChI is InChI=1S/C10H17N3O2S/c1-5-6-9-11-7-8(16(14)15-4)10(12-9)13(2)3/h7H,5-6H2,1-4H3. The monoisotopic (exact) mass is 243 g/mol. The highest BCUT2D eigenvalue weighted by Crippen LogP contribution is 2.19. The van der Waals surface area contributed by atoms with Gasteiger partial charge in [-0.3, -0.25) is 4.18 Å². The molecule has 0 fully saturated rings. The van der Waals surface area contributed by atoms with Crippen LogP contribution in [0.25, 0.3) is 0 Å². The van der Waals surface area contributed by atoms with Crippen molar-refractivity contribution in [1.82, 2.24) is 9.97 Å². The van der Waals surface area contributed by atoms with Crippen LogP contribution in [-0.4, -0.2) is 35.4 Å². The van der Waals surface area contributed by atoms with Crippen LogP contribution in [0.5, 0.6) is 0 Å². The van der Waals surface area contributed by atoms with Gasteiger partial charge in [0.05, 0.1) is 13.3 Å². The Balaban J connectivity index is 3.14. The Bertz CT molecular complexity index is 382. The second kappa shape index (κ2) is 5.91. The molecule has 1 aromatic rings. The maximum Gasteiger partial charge on any atom is 0.194 e. The predicted molar refractivity (Wildman–Crippen MR) is 63.8 cm³/mol. The van der Waals surface area contributed by atoms with Crippen LogP contribution in [0.4, 0.5) is 5.82 Å². The van der Waals surface area contributed by atoms with E-state index < -0.39 is 11.1 Å². The lowest BCUT2D eigenvalue weighted by Crippen LogP contribution is -2.16. The molecule has 0 amide bonds. The molecule has 6 heteroatoms. The molecule has 1 rings (SSSR count). The molecule has 16 heavy (non-hydrogen) atoms. The van der Waals surface area contributed by atoms with Gasteiger partial charge < -0.3 is 4.90 Å². The van der Waals surface area contributed by atoms with Crippen LogP contribution in [-0.2, 0) is 21.7 Å². The Morgan fingerprint density at radius 3 is 2.69 bits per heavy atom. The minimum absolute atomic E-state index is 0.507. The van der Waals surface area contributed by atoms with E-state index in [9.17, 15) is 4.21 Å². The van der Waals surface area contributed by atoms with Gasteiger partial charge in [-0.2, -0.15) is 0 Å². The molecule has 1 unspecified atom stereocenters. The van der Waals surface area contributed by atoms with E-state index in [2.05, 4.69) is 16.9 Å². The first kappa shape index (κ1) is 13.1. The average Bonchev–Trinajstić information content (AvgIpc) is 2.28. The summed E-state index contributed by atoms with van der Waals surface area (Å²) < 4.78 is 16.4. The molecule has 0 saturated heterocycles. The molecule has 1 atom stereocenters. The lowest BCUT2D eigenvalue weighted by atomic mass is 10.3. The number of anilines is 1. The SMILES string of the molecule is CCCc1ncc(S(=O)OC)c(N(C)C)n1. The summed E-state index contributed by atoms with van der Waals surface area (Å²) in [6.45, 7) is 2.07. The second-order valence-electron chi connectivity index (χ2n) is 3.52. The van der Waals surface area contributed by atoms with Crippen molar-refractivity contribution >= 4 is 16.9 Å². The molecule has 0 spiro atoms. The van der Waals surface area contributed by atoms with Gasteiger partial charge in [-0.05, 0) is 6.42 Å². The zero-order valence-corrected chi connectivity index (χ0v) is 10.9. The van der Waals surface area contributed by atoms with E-state index in [-0.39, 0.29) is 0 Å². The summed E-state index contributed by atoms with van der Waals surface area (Å²) in [5.41, 5.74) is 0. The third kappa shape index (κ3) is 2.99. The van der Waals surface area contributed by atoms with Crippen LogP contribution in [0.3, 0.4) is 0 Å². The van der Waals surface area contributed by atoms with Crippen molar-refractivity contribution in [2.24, 2.45) is 0 Å².